The van der Waals surface area contributed by atoms with Crippen molar-refractivity contribution in [3.63, 3.8) is 0 Å². The van der Waals surface area contributed by atoms with Crippen LogP contribution in [0.3, 0.4) is 0 Å². The van der Waals surface area contributed by atoms with E-state index >= 15 is 0 Å². The summed E-state index contributed by atoms with van der Waals surface area (Å²) >= 11 is 11.1. The van der Waals surface area contributed by atoms with E-state index in [1.54, 1.807) is 24.5 Å². The van der Waals surface area contributed by atoms with Crippen LogP contribution in [0.1, 0.15) is 10.4 Å². The number of alkyl halides is 1. The van der Waals surface area contributed by atoms with Crippen molar-refractivity contribution >= 4 is 38.9 Å². The van der Waals surface area contributed by atoms with Gasteiger partial charge in [-0.25, -0.2) is 0 Å². The maximum Gasteiger partial charge on any atom is 0.165 e. The van der Waals surface area contributed by atoms with Crippen molar-refractivity contribution in [2.75, 3.05) is 7.11 Å². The predicted octanol–water partition coefficient (Wildman–Crippen LogP) is 4.88. The fourth-order valence-corrected chi connectivity index (χ4v) is 2.84. The van der Waals surface area contributed by atoms with E-state index in [-0.39, 0.29) is 0 Å². The normalized spacial score (nSPS) is 10.4. The van der Waals surface area contributed by atoms with Crippen LogP contribution in [0, 0.1) is 0 Å². The van der Waals surface area contributed by atoms with E-state index in [0.29, 0.717) is 22.7 Å². The lowest BCUT2D eigenvalue weighted by atomic mass is 10.2. The molecular formula is C13H12BrClO2S. The van der Waals surface area contributed by atoms with Crippen molar-refractivity contribution < 1.29 is 9.47 Å². The minimum absolute atomic E-state index is 0.537. The Labute approximate surface area is 124 Å². The highest BCUT2D eigenvalue weighted by Gasteiger charge is 2.12. The summed E-state index contributed by atoms with van der Waals surface area (Å²) < 4.78 is 11.2. The molecule has 0 saturated heterocycles. The van der Waals surface area contributed by atoms with Crippen molar-refractivity contribution in [3.05, 3.63) is 45.1 Å². The fraction of sp³-hybridized carbons (Fsp3) is 0.231. The van der Waals surface area contributed by atoms with E-state index in [0.717, 1.165) is 11.3 Å². The lowest BCUT2D eigenvalue weighted by Gasteiger charge is -2.14. The molecule has 0 atom stereocenters. The highest BCUT2D eigenvalue weighted by Crippen LogP contribution is 2.36. The average Bonchev–Trinajstić information content (AvgIpc) is 2.89. The smallest absolute Gasteiger partial charge is 0.165 e. The molecule has 5 heteroatoms. The summed E-state index contributed by atoms with van der Waals surface area (Å²) in [7, 11) is 1.61. The number of benzene rings is 1. The Bertz CT molecular complexity index is 489. The van der Waals surface area contributed by atoms with Crippen LogP contribution in [0.25, 0.3) is 0 Å². The summed E-state index contributed by atoms with van der Waals surface area (Å²) in [6.45, 7) is 0.537. The van der Waals surface area contributed by atoms with Gasteiger partial charge in [0, 0.05) is 26.9 Å². The Balaban J connectivity index is 2.24. The first-order valence-electron chi connectivity index (χ1n) is 5.32. The van der Waals surface area contributed by atoms with E-state index in [1.165, 1.54) is 4.88 Å². The van der Waals surface area contributed by atoms with Gasteiger partial charge in [-0.3, -0.25) is 0 Å². The second kappa shape index (κ2) is 6.45. The molecule has 0 amide bonds. The minimum atomic E-state index is 0.537. The second-order valence-electron chi connectivity index (χ2n) is 3.60. The topological polar surface area (TPSA) is 18.5 Å². The Morgan fingerprint density at radius 3 is 2.83 bits per heavy atom. The van der Waals surface area contributed by atoms with Crippen LogP contribution in [0.15, 0.2) is 29.6 Å². The molecule has 0 aliphatic carbocycles. The Morgan fingerprint density at radius 2 is 2.22 bits per heavy atom. The van der Waals surface area contributed by atoms with Gasteiger partial charge in [-0.1, -0.05) is 33.6 Å². The Kier molecular flexibility index (Phi) is 4.92. The van der Waals surface area contributed by atoms with E-state index in [2.05, 4.69) is 15.9 Å². The van der Waals surface area contributed by atoms with Gasteiger partial charge in [0.1, 0.15) is 6.61 Å². The molecular weight excluding hydrogens is 336 g/mol. The monoisotopic (exact) mass is 346 g/mol. The van der Waals surface area contributed by atoms with Gasteiger partial charge in [0.25, 0.3) is 0 Å². The van der Waals surface area contributed by atoms with Gasteiger partial charge in [0.15, 0.2) is 11.5 Å². The molecule has 0 saturated carbocycles. The van der Waals surface area contributed by atoms with Crippen LogP contribution in [0.5, 0.6) is 11.5 Å². The van der Waals surface area contributed by atoms with Crippen molar-refractivity contribution in [3.8, 4) is 11.5 Å². The number of thiophene rings is 1. The number of methoxy groups -OCH3 is 1. The summed E-state index contributed by atoms with van der Waals surface area (Å²) in [5.74, 6) is 1.40. The minimum Gasteiger partial charge on any atom is -0.493 e. The van der Waals surface area contributed by atoms with Gasteiger partial charge in [-0.05, 0) is 17.5 Å². The number of hydrogen-bond donors (Lipinski definition) is 0. The molecule has 18 heavy (non-hydrogen) atoms. The molecule has 96 valence electrons. The van der Waals surface area contributed by atoms with Gasteiger partial charge in [-0.2, -0.15) is 0 Å². The first-order chi connectivity index (χ1) is 8.74. The fourth-order valence-electron chi connectivity index (χ4n) is 1.58. The highest BCUT2D eigenvalue weighted by atomic mass is 79.9. The number of ether oxygens (including phenoxy) is 2. The van der Waals surface area contributed by atoms with Crippen LogP contribution in [-0.2, 0) is 11.9 Å². The molecule has 0 N–H and O–H groups in total. The second-order valence-corrected chi connectivity index (χ2v) is 5.63. The molecule has 0 aliphatic rings. The van der Waals surface area contributed by atoms with E-state index < -0.39 is 0 Å². The summed E-state index contributed by atoms with van der Waals surface area (Å²) in [5.41, 5.74) is 0.982. The van der Waals surface area contributed by atoms with E-state index in [1.807, 2.05) is 23.6 Å². The molecule has 1 aromatic carbocycles. The van der Waals surface area contributed by atoms with Gasteiger partial charge in [-0.15, -0.1) is 11.3 Å². The van der Waals surface area contributed by atoms with Gasteiger partial charge >= 0.3 is 0 Å². The first-order valence-corrected chi connectivity index (χ1v) is 7.70. The zero-order valence-electron chi connectivity index (χ0n) is 9.78. The summed E-state index contributed by atoms with van der Waals surface area (Å²) in [4.78, 5) is 1.17. The Hall–Kier alpha value is -0.710. The summed E-state index contributed by atoms with van der Waals surface area (Å²) in [6.07, 6.45) is 0. The van der Waals surface area contributed by atoms with Crippen LogP contribution in [0.2, 0.25) is 5.02 Å². The van der Waals surface area contributed by atoms with Crippen molar-refractivity contribution in [1.29, 1.82) is 0 Å². The zero-order chi connectivity index (χ0) is 13.0. The van der Waals surface area contributed by atoms with Gasteiger partial charge in [0.2, 0.25) is 0 Å². The molecule has 2 aromatic rings. The molecule has 0 unspecified atom stereocenters. The molecule has 0 aliphatic heterocycles. The van der Waals surface area contributed by atoms with Crippen molar-refractivity contribution in [2.45, 2.75) is 11.9 Å². The van der Waals surface area contributed by atoms with Crippen LogP contribution >= 0.6 is 38.9 Å². The molecule has 0 radical (unpaired) electrons. The lowest BCUT2D eigenvalue weighted by Crippen LogP contribution is -1.99. The van der Waals surface area contributed by atoms with E-state index in [4.69, 9.17) is 21.1 Å². The predicted molar refractivity (Wildman–Crippen MR) is 79.3 cm³/mol. The lowest BCUT2D eigenvalue weighted by molar-refractivity contribution is 0.285. The van der Waals surface area contributed by atoms with Crippen molar-refractivity contribution in [2.24, 2.45) is 0 Å². The molecule has 1 heterocycles. The summed E-state index contributed by atoms with van der Waals surface area (Å²) in [5, 5.41) is 3.34. The summed E-state index contributed by atoms with van der Waals surface area (Å²) in [6, 6.07) is 7.69. The van der Waals surface area contributed by atoms with Crippen LogP contribution in [-0.4, -0.2) is 7.11 Å². The van der Waals surface area contributed by atoms with Crippen molar-refractivity contribution in [1.82, 2.24) is 0 Å². The maximum absolute atomic E-state index is 6.02. The third-order valence-corrected chi connectivity index (χ3v) is 4.07. The molecule has 2 nitrogen and oxygen atoms in total. The highest BCUT2D eigenvalue weighted by molar-refractivity contribution is 9.08. The van der Waals surface area contributed by atoms with E-state index in [9.17, 15) is 0 Å². The third kappa shape index (κ3) is 3.19. The largest absolute Gasteiger partial charge is 0.493 e. The maximum atomic E-state index is 6.02. The first kappa shape index (κ1) is 13.7. The van der Waals surface area contributed by atoms with Crippen LogP contribution < -0.4 is 9.47 Å². The average molecular weight is 348 g/mol. The zero-order valence-corrected chi connectivity index (χ0v) is 12.9. The SMILES string of the molecule is COc1cc(Cl)cc(CBr)c1OCc1cccs1. The number of rotatable bonds is 5. The standard InChI is InChI=1S/C13H12BrClO2S/c1-16-12-6-10(15)5-9(7-14)13(12)17-8-11-3-2-4-18-11/h2-6H,7-8H2,1H3. The van der Waals surface area contributed by atoms with Gasteiger partial charge in [0.05, 0.1) is 7.11 Å². The number of hydrogen-bond acceptors (Lipinski definition) is 3. The molecule has 2 rings (SSSR count). The molecule has 1 aromatic heterocycles. The molecule has 0 bridgehead atoms. The van der Waals surface area contributed by atoms with Crippen LogP contribution in [0.4, 0.5) is 0 Å². The van der Waals surface area contributed by atoms with Gasteiger partial charge < -0.3 is 9.47 Å². The molecule has 0 spiro atoms. The molecule has 0 fully saturated rings. The quantitative estimate of drug-likeness (QED) is 0.717. The third-order valence-electron chi connectivity index (χ3n) is 2.40. The number of halogens is 2. The Morgan fingerprint density at radius 1 is 1.39 bits per heavy atom.